The molecule has 0 aromatic heterocycles. The van der Waals surface area contributed by atoms with Crippen LogP contribution in [0, 0.1) is 6.92 Å². The highest BCUT2D eigenvalue weighted by molar-refractivity contribution is 7.89. The Morgan fingerprint density at radius 2 is 1.64 bits per heavy atom. The summed E-state index contributed by atoms with van der Waals surface area (Å²) in [4.78, 5) is 28.0. The van der Waals surface area contributed by atoms with E-state index in [0.717, 1.165) is 19.3 Å². The Hall–Kier alpha value is -2.42. The molecule has 2 amide bonds. The molecule has 1 aliphatic heterocycles. The summed E-state index contributed by atoms with van der Waals surface area (Å²) in [6.45, 7) is 8.30. The lowest BCUT2D eigenvalue weighted by molar-refractivity contribution is 0.0725. The van der Waals surface area contributed by atoms with E-state index in [1.165, 1.54) is 18.2 Å². The van der Waals surface area contributed by atoms with Gasteiger partial charge in [0.1, 0.15) is 0 Å². The number of carbonyl (C=O) groups excluding carboxylic acids is 2. The number of hydrogen-bond acceptors (Lipinski definition) is 4. The van der Waals surface area contributed by atoms with Crippen LogP contribution >= 0.6 is 11.6 Å². The molecule has 0 spiro atoms. The largest absolute Gasteiger partial charge is 0.339 e. The number of halogens is 1. The fourth-order valence-electron chi connectivity index (χ4n) is 3.74. The first kappa shape index (κ1) is 25.2. The zero-order valence-electron chi connectivity index (χ0n) is 19.4. The minimum Gasteiger partial charge on any atom is -0.339 e. The number of carbonyl (C=O) groups is 2. The Bertz CT molecular complexity index is 1170. The van der Waals surface area contributed by atoms with E-state index in [1.54, 1.807) is 50.8 Å². The molecule has 2 aromatic rings. The number of piperidine rings is 1. The summed E-state index contributed by atoms with van der Waals surface area (Å²) >= 11 is 6.15. The van der Waals surface area contributed by atoms with Crippen molar-refractivity contribution in [2.75, 3.05) is 18.4 Å². The number of benzene rings is 2. The molecule has 3 rings (SSSR count). The van der Waals surface area contributed by atoms with E-state index >= 15 is 0 Å². The van der Waals surface area contributed by atoms with Gasteiger partial charge in [-0.3, -0.25) is 9.59 Å². The Morgan fingerprint density at radius 1 is 0.970 bits per heavy atom. The third kappa shape index (κ3) is 6.34. The van der Waals surface area contributed by atoms with Gasteiger partial charge in [-0.2, -0.15) is 0 Å². The maximum Gasteiger partial charge on any atom is 0.255 e. The summed E-state index contributed by atoms with van der Waals surface area (Å²) in [5, 5.41) is 3.15. The lowest BCUT2D eigenvalue weighted by atomic mass is 10.1. The average Bonchev–Trinajstić information content (AvgIpc) is 2.72. The normalized spacial score (nSPS) is 14.8. The van der Waals surface area contributed by atoms with Crippen molar-refractivity contribution in [3.8, 4) is 0 Å². The lowest BCUT2D eigenvalue weighted by Crippen LogP contribution is -2.40. The number of hydrogen-bond donors (Lipinski definition) is 2. The quantitative estimate of drug-likeness (QED) is 0.638. The van der Waals surface area contributed by atoms with E-state index in [1.807, 2.05) is 0 Å². The van der Waals surface area contributed by atoms with Gasteiger partial charge < -0.3 is 10.2 Å². The van der Waals surface area contributed by atoms with Crippen LogP contribution in [0.15, 0.2) is 41.3 Å². The monoisotopic (exact) mass is 491 g/mol. The van der Waals surface area contributed by atoms with Crippen molar-refractivity contribution >= 4 is 39.1 Å². The summed E-state index contributed by atoms with van der Waals surface area (Å²) < 4.78 is 28.1. The molecule has 0 aliphatic carbocycles. The summed E-state index contributed by atoms with van der Waals surface area (Å²) in [7, 11) is -3.82. The number of nitrogens with zero attached hydrogens (tertiary/aromatic N) is 1. The third-order valence-electron chi connectivity index (χ3n) is 5.31. The first-order valence-corrected chi connectivity index (χ1v) is 12.8. The van der Waals surface area contributed by atoms with Crippen LogP contribution in [0.2, 0.25) is 5.02 Å². The summed E-state index contributed by atoms with van der Waals surface area (Å²) in [5.74, 6) is -0.681. The maximum atomic E-state index is 13.2. The molecular formula is C24H30ClN3O4S. The number of nitrogens with one attached hydrogen (secondary N) is 2. The van der Waals surface area contributed by atoms with Gasteiger partial charge in [0.15, 0.2) is 0 Å². The van der Waals surface area contributed by atoms with E-state index in [-0.39, 0.29) is 16.4 Å². The highest BCUT2D eigenvalue weighted by Crippen LogP contribution is 2.26. The van der Waals surface area contributed by atoms with E-state index in [9.17, 15) is 18.0 Å². The minimum absolute atomic E-state index is 0.0103. The van der Waals surface area contributed by atoms with Crippen LogP contribution in [0.3, 0.4) is 0 Å². The zero-order valence-corrected chi connectivity index (χ0v) is 20.9. The molecule has 178 valence electrons. The molecule has 33 heavy (non-hydrogen) atoms. The molecule has 0 saturated carbocycles. The van der Waals surface area contributed by atoms with Crippen LogP contribution in [0.25, 0.3) is 0 Å². The third-order valence-corrected chi connectivity index (χ3v) is 7.30. The van der Waals surface area contributed by atoms with Crippen molar-refractivity contribution in [3.05, 3.63) is 58.1 Å². The predicted molar refractivity (Wildman–Crippen MR) is 130 cm³/mol. The van der Waals surface area contributed by atoms with Crippen LogP contribution in [0.5, 0.6) is 0 Å². The van der Waals surface area contributed by atoms with E-state index in [2.05, 4.69) is 10.0 Å². The molecule has 1 fully saturated rings. The Kier molecular flexibility index (Phi) is 7.51. The maximum absolute atomic E-state index is 13.2. The molecule has 0 radical (unpaired) electrons. The van der Waals surface area contributed by atoms with Crippen LogP contribution in [-0.2, 0) is 10.0 Å². The Morgan fingerprint density at radius 3 is 2.27 bits per heavy atom. The van der Waals surface area contributed by atoms with Crippen LogP contribution < -0.4 is 10.0 Å². The van der Waals surface area contributed by atoms with E-state index in [0.29, 0.717) is 34.9 Å². The molecule has 2 aromatic carbocycles. The van der Waals surface area contributed by atoms with E-state index < -0.39 is 21.5 Å². The molecule has 1 aliphatic rings. The highest BCUT2D eigenvalue weighted by Gasteiger charge is 2.25. The first-order chi connectivity index (χ1) is 15.4. The molecule has 0 atom stereocenters. The molecule has 1 heterocycles. The standard InChI is InChI=1S/C24H30ClN3O4S/c1-16-8-10-18(33(31,32)27-24(2,3)4)15-20(16)22(29)26-21-14-17(25)9-11-19(21)23(30)28-12-6-5-7-13-28/h8-11,14-15,27H,5-7,12-13H2,1-4H3,(H,26,29). The summed E-state index contributed by atoms with van der Waals surface area (Å²) in [5.41, 5.74) is 0.779. The smallest absolute Gasteiger partial charge is 0.255 e. The number of sulfonamides is 1. The topological polar surface area (TPSA) is 95.6 Å². The predicted octanol–water partition coefficient (Wildman–Crippen LogP) is 4.60. The second-order valence-corrected chi connectivity index (χ2v) is 11.4. The van der Waals surface area contributed by atoms with Crippen molar-refractivity contribution in [1.29, 1.82) is 0 Å². The van der Waals surface area contributed by atoms with Gasteiger partial charge in [0.2, 0.25) is 10.0 Å². The van der Waals surface area contributed by atoms with Crippen molar-refractivity contribution in [2.24, 2.45) is 0 Å². The van der Waals surface area contributed by atoms with Gasteiger partial charge in [-0.05, 0) is 82.9 Å². The van der Waals surface area contributed by atoms with Crippen molar-refractivity contribution in [2.45, 2.75) is 57.4 Å². The van der Waals surface area contributed by atoms with Gasteiger partial charge in [0.25, 0.3) is 11.8 Å². The summed E-state index contributed by atoms with van der Waals surface area (Å²) in [6, 6.07) is 9.15. The number of likely N-dealkylation sites (tertiary alicyclic amines) is 1. The van der Waals surface area contributed by atoms with Gasteiger partial charge in [-0.25, -0.2) is 13.1 Å². The molecule has 2 N–H and O–H groups in total. The minimum atomic E-state index is -3.82. The van der Waals surface area contributed by atoms with Crippen LogP contribution in [0.1, 0.15) is 66.3 Å². The SMILES string of the molecule is Cc1ccc(S(=O)(=O)NC(C)(C)C)cc1C(=O)Nc1cc(Cl)ccc1C(=O)N1CCCCC1. The molecule has 9 heteroatoms. The van der Waals surface area contributed by atoms with Crippen LogP contribution in [-0.4, -0.2) is 43.8 Å². The molecule has 7 nitrogen and oxygen atoms in total. The van der Waals surface area contributed by atoms with Crippen LogP contribution in [0.4, 0.5) is 5.69 Å². The number of rotatable bonds is 5. The fourth-order valence-corrected chi connectivity index (χ4v) is 5.35. The second kappa shape index (κ2) is 9.83. The lowest BCUT2D eigenvalue weighted by Gasteiger charge is -2.27. The van der Waals surface area contributed by atoms with Gasteiger partial charge >= 0.3 is 0 Å². The Balaban J connectivity index is 1.92. The Labute approximate surface area is 200 Å². The average molecular weight is 492 g/mol. The fraction of sp³-hybridized carbons (Fsp3) is 0.417. The number of anilines is 1. The number of amides is 2. The molecule has 1 saturated heterocycles. The second-order valence-electron chi connectivity index (χ2n) is 9.33. The summed E-state index contributed by atoms with van der Waals surface area (Å²) in [6.07, 6.45) is 2.99. The molecular weight excluding hydrogens is 462 g/mol. The first-order valence-electron chi connectivity index (χ1n) is 10.9. The van der Waals surface area contributed by atoms with Gasteiger partial charge in [0, 0.05) is 29.2 Å². The van der Waals surface area contributed by atoms with Crippen molar-refractivity contribution < 1.29 is 18.0 Å². The van der Waals surface area contributed by atoms with Gasteiger partial charge in [-0.1, -0.05) is 17.7 Å². The molecule has 0 unspecified atom stereocenters. The van der Waals surface area contributed by atoms with Gasteiger partial charge in [-0.15, -0.1) is 0 Å². The van der Waals surface area contributed by atoms with E-state index in [4.69, 9.17) is 11.6 Å². The van der Waals surface area contributed by atoms with Crippen molar-refractivity contribution in [3.63, 3.8) is 0 Å². The number of aryl methyl sites for hydroxylation is 1. The van der Waals surface area contributed by atoms with Gasteiger partial charge in [0.05, 0.1) is 16.1 Å². The molecule has 0 bridgehead atoms. The zero-order chi connectivity index (χ0) is 24.4. The highest BCUT2D eigenvalue weighted by atomic mass is 35.5. The van der Waals surface area contributed by atoms with Crippen molar-refractivity contribution in [1.82, 2.24) is 9.62 Å².